The van der Waals surface area contributed by atoms with Crippen LogP contribution >= 0.6 is 0 Å². The van der Waals surface area contributed by atoms with Crippen molar-refractivity contribution < 1.29 is 23.9 Å². The van der Waals surface area contributed by atoms with Gasteiger partial charge in [0.2, 0.25) is 5.91 Å². The van der Waals surface area contributed by atoms with E-state index in [0.717, 1.165) is 10.5 Å². The van der Waals surface area contributed by atoms with Gasteiger partial charge in [0, 0.05) is 6.54 Å². The molecule has 0 radical (unpaired) electrons. The molecule has 1 unspecified atom stereocenters. The van der Waals surface area contributed by atoms with Crippen molar-refractivity contribution >= 4 is 18.0 Å². The molecule has 0 N–H and O–H groups in total. The lowest BCUT2D eigenvalue weighted by atomic mass is 10.1. The molecule has 2 rings (SSSR count). The lowest BCUT2D eigenvalue weighted by Gasteiger charge is -2.14. The summed E-state index contributed by atoms with van der Waals surface area (Å²) >= 11 is 0. The minimum Gasteiger partial charge on any atom is -0.461 e. The van der Waals surface area contributed by atoms with Gasteiger partial charge in [0.05, 0.1) is 0 Å². The molecule has 1 saturated heterocycles. The standard InChI is InChI=1S/C16H17NO5/c1-2-10-21-15(19)13-8-9-17(14(13)18)16(20)22-11-12-6-4-3-5-7-12/h2-7,13H,1,8-11H2. The maximum Gasteiger partial charge on any atom is 0.416 e. The van der Waals surface area contributed by atoms with Gasteiger partial charge in [-0.1, -0.05) is 43.0 Å². The average molecular weight is 303 g/mol. The summed E-state index contributed by atoms with van der Waals surface area (Å²) in [5, 5.41) is 0. The number of esters is 1. The molecule has 1 heterocycles. The van der Waals surface area contributed by atoms with Crippen molar-refractivity contribution in [2.75, 3.05) is 13.2 Å². The number of likely N-dealkylation sites (tertiary alicyclic amines) is 1. The highest BCUT2D eigenvalue weighted by molar-refractivity contribution is 6.05. The predicted molar refractivity (Wildman–Crippen MR) is 77.6 cm³/mol. The summed E-state index contributed by atoms with van der Waals surface area (Å²) < 4.78 is 9.94. The molecule has 6 heteroatoms. The Morgan fingerprint density at radius 1 is 1.27 bits per heavy atom. The number of nitrogens with zero attached hydrogens (tertiary/aromatic N) is 1. The second kappa shape index (κ2) is 7.40. The maximum absolute atomic E-state index is 12.1. The third-order valence-electron chi connectivity index (χ3n) is 3.26. The van der Waals surface area contributed by atoms with Gasteiger partial charge in [-0.15, -0.1) is 0 Å². The Bertz CT molecular complexity index is 569. The van der Waals surface area contributed by atoms with E-state index in [1.54, 1.807) is 0 Å². The summed E-state index contributed by atoms with van der Waals surface area (Å²) in [6.07, 6.45) is 0.922. The first-order chi connectivity index (χ1) is 10.6. The van der Waals surface area contributed by atoms with E-state index in [1.807, 2.05) is 30.3 Å². The van der Waals surface area contributed by atoms with Crippen molar-refractivity contribution in [2.24, 2.45) is 5.92 Å². The summed E-state index contributed by atoms with van der Waals surface area (Å²) in [6.45, 7) is 3.70. The van der Waals surface area contributed by atoms with Crippen LogP contribution in [-0.4, -0.2) is 36.0 Å². The summed E-state index contributed by atoms with van der Waals surface area (Å²) in [6, 6.07) is 9.14. The lowest BCUT2D eigenvalue weighted by molar-refractivity contribution is -0.151. The van der Waals surface area contributed by atoms with Gasteiger partial charge < -0.3 is 9.47 Å². The van der Waals surface area contributed by atoms with E-state index < -0.39 is 23.9 Å². The number of carbonyl (C=O) groups excluding carboxylic acids is 3. The first-order valence-corrected chi connectivity index (χ1v) is 6.93. The van der Waals surface area contributed by atoms with Crippen molar-refractivity contribution in [3.05, 3.63) is 48.6 Å². The van der Waals surface area contributed by atoms with E-state index in [-0.39, 0.29) is 26.2 Å². The van der Waals surface area contributed by atoms with Crippen LogP contribution < -0.4 is 0 Å². The first-order valence-electron chi connectivity index (χ1n) is 6.93. The van der Waals surface area contributed by atoms with Gasteiger partial charge >= 0.3 is 12.1 Å². The number of carbonyl (C=O) groups is 3. The highest BCUT2D eigenvalue weighted by Gasteiger charge is 2.41. The van der Waals surface area contributed by atoms with Crippen molar-refractivity contribution in [1.29, 1.82) is 0 Å². The molecule has 1 fully saturated rings. The van der Waals surface area contributed by atoms with Crippen LogP contribution in [0.5, 0.6) is 0 Å². The van der Waals surface area contributed by atoms with Crippen molar-refractivity contribution in [3.63, 3.8) is 0 Å². The molecular weight excluding hydrogens is 286 g/mol. The summed E-state index contributed by atoms with van der Waals surface area (Å²) in [4.78, 5) is 36.6. The van der Waals surface area contributed by atoms with Crippen LogP contribution in [0, 0.1) is 5.92 Å². The molecule has 116 valence electrons. The Labute approximate surface area is 128 Å². The first kappa shape index (κ1) is 15.8. The zero-order valence-corrected chi connectivity index (χ0v) is 12.1. The van der Waals surface area contributed by atoms with Gasteiger partial charge in [0.1, 0.15) is 19.1 Å². The third-order valence-corrected chi connectivity index (χ3v) is 3.26. The molecule has 0 aromatic heterocycles. The van der Waals surface area contributed by atoms with Crippen LogP contribution in [0.2, 0.25) is 0 Å². The Hall–Kier alpha value is -2.63. The largest absolute Gasteiger partial charge is 0.461 e. The highest BCUT2D eigenvalue weighted by Crippen LogP contribution is 2.20. The zero-order valence-electron chi connectivity index (χ0n) is 12.1. The average Bonchev–Trinajstić information content (AvgIpc) is 2.93. The lowest BCUT2D eigenvalue weighted by Crippen LogP contribution is -2.36. The van der Waals surface area contributed by atoms with Gasteiger partial charge in [0.25, 0.3) is 0 Å². The van der Waals surface area contributed by atoms with E-state index in [0.29, 0.717) is 0 Å². The monoisotopic (exact) mass is 303 g/mol. The number of ether oxygens (including phenoxy) is 2. The smallest absolute Gasteiger partial charge is 0.416 e. The van der Waals surface area contributed by atoms with Crippen LogP contribution in [0.15, 0.2) is 43.0 Å². The van der Waals surface area contributed by atoms with Crippen LogP contribution in [0.4, 0.5) is 4.79 Å². The van der Waals surface area contributed by atoms with Gasteiger partial charge in [-0.25, -0.2) is 9.69 Å². The molecule has 0 saturated carbocycles. The molecule has 0 aliphatic carbocycles. The summed E-state index contributed by atoms with van der Waals surface area (Å²) in [7, 11) is 0. The van der Waals surface area contributed by atoms with Crippen molar-refractivity contribution in [1.82, 2.24) is 4.90 Å². The second-order valence-electron chi connectivity index (χ2n) is 4.79. The van der Waals surface area contributed by atoms with Crippen LogP contribution in [0.3, 0.4) is 0 Å². The van der Waals surface area contributed by atoms with E-state index in [9.17, 15) is 14.4 Å². The Kier molecular flexibility index (Phi) is 5.30. The fraction of sp³-hybridized carbons (Fsp3) is 0.312. The van der Waals surface area contributed by atoms with E-state index >= 15 is 0 Å². The fourth-order valence-corrected chi connectivity index (χ4v) is 2.12. The molecule has 1 aromatic carbocycles. The van der Waals surface area contributed by atoms with E-state index in [4.69, 9.17) is 9.47 Å². The number of imide groups is 1. The highest BCUT2D eigenvalue weighted by atomic mass is 16.6. The minimum absolute atomic E-state index is 0.0427. The zero-order chi connectivity index (χ0) is 15.9. The third kappa shape index (κ3) is 3.72. The van der Waals surface area contributed by atoms with Crippen LogP contribution in [0.25, 0.3) is 0 Å². The Morgan fingerprint density at radius 3 is 2.68 bits per heavy atom. The Balaban J connectivity index is 1.87. The number of benzene rings is 1. The molecule has 6 nitrogen and oxygen atoms in total. The topological polar surface area (TPSA) is 72.9 Å². The molecule has 1 aromatic rings. The van der Waals surface area contributed by atoms with E-state index in [2.05, 4.69) is 6.58 Å². The van der Waals surface area contributed by atoms with Gasteiger partial charge in [-0.3, -0.25) is 9.59 Å². The van der Waals surface area contributed by atoms with E-state index in [1.165, 1.54) is 6.08 Å². The maximum atomic E-state index is 12.1. The number of amides is 2. The SMILES string of the molecule is C=CCOC(=O)C1CCN(C(=O)OCc2ccccc2)C1=O. The molecule has 22 heavy (non-hydrogen) atoms. The molecule has 1 aliphatic heterocycles. The fourth-order valence-electron chi connectivity index (χ4n) is 2.12. The summed E-state index contributed by atoms with van der Waals surface area (Å²) in [5.74, 6) is -2.15. The van der Waals surface area contributed by atoms with Gasteiger partial charge in [-0.05, 0) is 12.0 Å². The minimum atomic E-state index is -0.941. The number of hydrogen-bond acceptors (Lipinski definition) is 5. The molecule has 0 bridgehead atoms. The molecular formula is C16H17NO5. The molecule has 2 amide bonds. The number of rotatable bonds is 5. The van der Waals surface area contributed by atoms with Crippen molar-refractivity contribution in [3.8, 4) is 0 Å². The normalized spacial score (nSPS) is 17.2. The van der Waals surface area contributed by atoms with Crippen LogP contribution in [0.1, 0.15) is 12.0 Å². The Morgan fingerprint density at radius 2 is 2.00 bits per heavy atom. The predicted octanol–water partition coefficient (Wildman–Crippen LogP) is 1.90. The molecule has 1 atom stereocenters. The quantitative estimate of drug-likeness (QED) is 0.472. The second-order valence-corrected chi connectivity index (χ2v) is 4.79. The number of hydrogen-bond donors (Lipinski definition) is 0. The van der Waals surface area contributed by atoms with Crippen molar-refractivity contribution in [2.45, 2.75) is 13.0 Å². The summed E-state index contributed by atoms with van der Waals surface area (Å²) in [5.41, 5.74) is 0.824. The van der Waals surface area contributed by atoms with Gasteiger partial charge in [-0.2, -0.15) is 0 Å². The van der Waals surface area contributed by atoms with Crippen LogP contribution in [-0.2, 0) is 25.7 Å². The molecule has 1 aliphatic rings. The molecule has 0 spiro atoms. The van der Waals surface area contributed by atoms with Gasteiger partial charge in [0.15, 0.2) is 0 Å².